The molecule has 0 aromatic heterocycles. The molecule has 19 heavy (non-hydrogen) atoms. The summed E-state index contributed by atoms with van der Waals surface area (Å²) in [7, 11) is 1.72. The van der Waals surface area contributed by atoms with Gasteiger partial charge in [-0.2, -0.15) is 5.26 Å². The molecular formula is C16H22N2O. The summed E-state index contributed by atoms with van der Waals surface area (Å²) in [6, 6.07) is 4.59. The molecule has 1 fully saturated rings. The van der Waals surface area contributed by atoms with Gasteiger partial charge < -0.3 is 10.1 Å². The average molecular weight is 258 g/mol. The van der Waals surface area contributed by atoms with Crippen LogP contribution in [0, 0.1) is 37.5 Å². The van der Waals surface area contributed by atoms with Crippen LogP contribution in [0.4, 0.5) is 0 Å². The zero-order valence-corrected chi connectivity index (χ0v) is 12.3. The Hall–Kier alpha value is -1.53. The number of ether oxygens (including phenoxy) is 1. The van der Waals surface area contributed by atoms with Crippen molar-refractivity contribution in [2.75, 3.05) is 13.7 Å². The number of hydrogen-bond acceptors (Lipinski definition) is 3. The molecule has 0 aliphatic heterocycles. The molecule has 0 unspecified atom stereocenters. The zero-order valence-electron chi connectivity index (χ0n) is 12.3. The molecule has 0 heterocycles. The maximum absolute atomic E-state index is 9.06. The third kappa shape index (κ3) is 2.74. The topological polar surface area (TPSA) is 45.0 Å². The van der Waals surface area contributed by atoms with E-state index < -0.39 is 0 Å². The van der Waals surface area contributed by atoms with Crippen LogP contribution in [-0.4, -0.2) is 13.7 Å². The Morgan fingerprint density at radius 2 is 2.00 bits per heavy atom. The second kappa shape index (κ2) is 5.22. The molecule has 0 amide bonds. The highest BCUT2D eigenvalue weighted by Crippen LogP contribution is 2.44. The van der Waals surface area contributed by atoms with Crippen molar-refractivity contribution in [2.24, 2.45) is 5.41 Å². The van der Waals surface area contributed by atoms with Gasteiger partial charge in [-0.25, -0.2) is 0 Å². The molecule has 0 saturated heterocycles. The number of rotatable bonds is 5. The summed E-state index contributed by atoms with van der Waals surface area (Å²) in [5, 5.41) is 12.5. The summed E-state index contributed by atoms with van der Waals surface area (Å²) in [6.45, 7) is 7.92. The molecule has 0 bridgehead atoms. The molecule has 3 heteroatoms. The highest BCUT2D eigenvalue weighted by atomic mass is 16.5. The van der Waals surface area contributed by atoms with Gasteiger partial charge in [0.1, 0.15) is 5.75 Å². The molecule has 1 N–H and O–H groups in total. The van der Waals surface area contributed by atoms with Crippen LogP contribution in [0.3, 0.4) is 0 Å². The van der Waals surface area contributed by atoms with Crippen LogP contribution < -0.4 is 10.1 Å². The minimum Gasteiger partial charge on any atom is -0.496 e. The standard InChI is InChI=1S/C16H22N2O/c1-11-7-14(12(2)13(3)15(11)19-4)8-18-10-16(9-17)5-6-16/h7,18H,5-6,8,10H2,1-4H3. The first-order valence-electron chi connectivity index (χ1n) is 6.78. The summed E-state index contributed by atoms with van der Waals surface area (Å²) in [5.74, 6) is 0.983. The van der Waals surface area contributed by atoms with Gasteiger partial charge in [0, 0.05) is 13.1 Å². The van der Waals surface area contributed by atoms with Crippen LogP contribution in [0.2, 0.25) is 0 Å². The van der Waals surface area contributed by atoms with Crippen LogP contribution in [0.15, 0.2) is 6.07 Å². The van der Waals surface area contributed by atoms with Crippen LogP contribution in [0.25, 0.3) is 0 Å². The average Bonchev–Trinajstić information content (AvgIpc) is 3.16. The number of nitriles is 1. The van der Waals surface area contributed by atoms with E-state index in [0.717, 1.165) is 31.7 Å². The highest BCUT2D eigenvalue weighted by Gasteiger charge is 2.42. The van der Waals surface area contributed by atoms with E-state index in [1.807, 2.05) is 0 Å². The first-order valence-corrected chi connectivity index (χ1v) is 6.78. The van der Waals surface area contributed by atoms with Gasteiger partial charge in [-0.1, -0.05) is 6.07 Å². The van der Waals surface area contributed by atoms with Gasteiger partial charge in [0.05, 0.1) is 18.6 Å². The second-order valence-corrected chi connectivity index (χ2v) is 5.63. The number of benzene rings is 1. The maximum atomic E-state index is 9.06. The lowest BCUT2D eigenvalue weighted by Crippen LogP contribution is -2.23. The van der Waals surface area contributed by atoms with Crippen molar-refractivity contribution in [1.82, 2.24) is 5.32 Å². The molecule has 0 radical (unpaired) electrons. The Kier molecular flexibility index (Phi) is 3.82. The van der Waals surface area contributed by atoms with Crippen molar-refractivity contribution in [3.8, 4) is 11.8 Å². The summed E-state index contributed by atoms with van der Waals surface area (Å²) in [4.78, 5) is 0. The summed E-state index contributed by atoms with van der Waals surface area (Å²) >= 11 is 0. The number of aryl methyl sites for hydroxylation is 1. The number of hydrogen-bond donors (Lipinski definition) is 1. The van der Waals surface area contributed by atoms with Gasteiger partial charge in [-0.05, 0) is 55.9 Å². The van der Waals surface area contributed by atoms with Gasteiger partial charge in [0.25, 0.3) is 0 Å². The molecule has 1 aliphatic carbocycles. The van der Waals surface area contributed by atoms with Gasteiger partial charge in [0.15, 0.2) is 0 Å². The van der Waals surface area contributed by atoms with E-state index in [9.17, 15) is 0 Å². The predicted molar refractivity (Wildman–Crippen MR) is 76.2 cm³/mol. The quantitative estimate of drug-likeness (QED) is 0.883. The molecule has 0 spiro atoms. The van der Waals surface area contributed by atoms with E-state index in [2.05, 4.69) is 38.2 Å². The molecule has 2 rings (SSSR count). The Balaban J connectivity index is 2.07. The van der Waals surface area contributed by atoms with Crippen LogP contribution in [-0.2, 0) is 6.54 Å². The van der Waals surface area contributed by atoms with Gasteiger partial charge in [-0.3, -0.25) is 0 Å². The zero-order chi connectivity index (χ0) is 14.0. The molecule has 3 nitrogen and oxygen atoms in total. The molecule has 1 aliphatic rings. The monoisotopic (exact) mass is 258 g/mol. The second-order valence-electron chi connectivity index (χ2n) is 5.63. The fraction of sp³-hybridized carbons (Fsp3) is 0.562. The fourth-order valence-electron chi connectivity index (χ4n) is 2.56. The minimum absolute atomic E-state index is 0.0789. The van der Waals surface area contributed by atoms with Crippen molar-refractivity contribution in [2.45, 2.75) is 40.2 Å². The van der Waals surface area contributed by atoms with E-state index in [-0.39, 0.29) is 5.41 Å². The molecule has 1 aromatic carbocycles. The van der Waals surface area contributed by atoms with E-state index >= 15 is 0 Å². The molecule has 102 valence electrons. The lowest BCUT2D eigenvalue weighted by atomic mass is 9.98. The first-order chi connectivity index (χ1) is 9.03. The van der Waals surface area contributed by atoms with E-state index in [0.29, 0.717) is 0 Å². The maximum Gasteiger partial charge on any atom is 0.124 e. The number of nitrogens with one attached hydrogen (secondary N) is 1. The van der Waals surface area contributed by atoms with Crippen molar-refractivity contribution in [3.05, 3.63) is 28.3 Å². The van der Waals surface area contributed by atoms with E-state index in [1.165, 1.54) is 22.3 Å². The van der Waals surface area contributed by atoms with E-state index in [1.54, 1.807) is 7.11 Å². The Morgan fingerprint density at radius 3 is 2.53 bits per heavy atom. The molecule has 1 aromatic rings. The number of methoxy groups -OCH3 is 1. The van der Waals surface area contributed by atoms with Gasteiger partial charge in [-0.15, -0.1) is 0 Å². The van der Waals surface area contributed by atoms with Crippen molar-refractivity contribution >= 4 is 0 Å². The molecule has 0 atom stereocenters. The van der Waals surface area contributed by atoms with Gasteiger partial charge in [0.2, 0.25) is 0 Å². The Labute approximate surface area is 115 Å². The normalized spacial score (nSPS) is 15.9. The fourth-order valence-corrected chi connectivity index (χ4v) is 2.56. The highest BCUT2D eigenvalue weighted by molar-refractivity contribution is 5.48. The smallest absolute Gasteiger partial charge is 0.124 e. The Bertz CT molecular complexity index is 525. The third-order valence-corrected chi connectivity index (χ3v) is 4.21. The first kappa shape index (κ1) is 13.9. The van der Waals surface area contributed by atoms with E-state index in [4.69, 9.17) is 10.00 Å². The molecule has 1 saturated carbocycles. The third-order valence-electron chi connectivity index (χ3n) is 4.21. The lowest BCUT2D eigenvalue weighted by Gasteiger charge is -2.16. The Morgan fingerprint density at radius 1 is 1.32 bits per heavy atom. The van der Waals surface area contributed by atoms with Crippen LogP contribution in [0.1, 0.15) is 35.1 Å². The minimum atomic E-state index is -0.0789. The van der Waals surface area contributed by atoms with Crippen molar-refractivity contribution in [3.63, 3.8) is 0 Å². The summed E-state index contributed by atoms with van der Waals surface area (Å²) in [5.41, 5.74) is 4.87. The SMILES string of the molecule is COc1c(C)cc(CNCC2(C#N)CC2)c(C)c1C. The lowest BCUT2D eigenvalue weighted by molar-refractivity contribution is 0.407. The van der Waals surface area contributed by atoms with Gasteiger partial charge >= 0.3 is 0 Å². The predicted octanol–water partition coefficient (Wildman–Crippen LogP) is 3.01. The van der Waals surface area contributed by atoms with Crippen LogP contribution in [0.5, 0.6) is 5.75 Å². The van der Waals surface area contributed by atoms with Crippen molar-refractivity contribution < 1.29 is 4.74 Å². The molecular weight excluding hydrogens is 236 g/mol. The summed E-state index contributed by atoms with van der Waals surface area (Å²) < 4.78 is 5.43. The van der Waals surface area contributed by atoms with Crippen molar-refractivity contribution in [1.29, 1.82) is 5.26 Å². The number of nitrogens with zero attached hydrogens (tertiary/aromatic N) is 1. The largest absolute Gasteiger partial charge is 0.496 e. The summed E-state index contributed by atoms with van der Waals surface area (Å²) in [6.07, 6.45) is 2.08. The van der Waals surface area contributed by atoms with Crippen LogP contribution >= 0.6 is 0 Å².